The molecule has 0 aliphatic carbocycles. The third kappa shape index (κ3) is 2.98. The van der Waals surface area contributed by atoms with E-state index in [9.17, 15) is 0 Å². The van der Waals surface area contributed by atoms with Gasteiger partial charge in [-0.2, -0.15) is 0 Å². The zero-order valence-corrected chi connectivity index (χ0v) is 10.9. The first-order valence-electron chi connectivity index (χ1n) is 4.88. The largest absolute Gasteiger partial charge is 0.335 e. The number of rotatable bonds is 2. The van der Waals surface area contributed by atoms with Crippen molar-refractivity contribution in [3.63, 3.8) is 0 Å². The number of aliphatic imine (C=N–C) groups is 1. The lowest BCUT2D eigenvalue weighted by atomic mass is 10.2. The molecule has 1 N–H and O–H groups in total. The van der Waals surface area contributed by atoms with Crippen molar-refractivity contribution in [3.05, 3.63) is 29.8 Å². The smallest absolute Gasteiger partial charge is 0.161 e. The fourth-order valence-corrected chi connectivity index (χ4v) is 2.87. The van der Waals surface area contributed by atoms with Gasteiger partial charge in [0.25, 0.3) is 0 Å². The Kier molecular flexibility index (Phi) is 3.70. The highest BCUT2D eigenvalue weighted by molar-refractivity contribution is 9.09. The predicted molar refractivity (Wildman–Crippen MR) is 72.3 cm³/mol. The standard InChI is InChI=1S/C11H13BrN2S/c1-8-3-2-4-9(5-8)14-11-13-7-10(6-12)15-11/h2-5,10H,6-7H2,1H3,(H,13,14)/t10-/m1/s1. The molecule has 0 saturated heterocycles. The first-order chi connectivity index (χ1) is 7.28. The zero-order valence-electron chi connectivity index (χ0n) is 8.53. The minimum absolute atomic E-state index is 0.581. The van der Waals surface area contributed by atoms with E-state index >= 15 is 0 Å². The van der Waals surface area contributed by atoms with Gasteiger partial charge in [-0.05, 0) is 24.6 Å². The summed E-state index contributed by atoms with van der Waals surface area (Å²) in [6.45, 7) is 3.00. The second-order valence-electron chi connectivity index (χ2n) is 3.53. The first-order valence-corrected chi connectivity index (χ1v) is 6.89. The minimum atomic E-state index is 0.581. The fraction of sp³-hybridized carbons (Fsp3) is 0.364. The molecule has 0 fully saturated rings. The van der Waals surface area contributed by atoms with E-state index in [-0.39, 0.29) is 0 Å². The van der Waals surface area contributed by atoms with Crippen molar-refractivity contribution in [2.45, 2.75) is 12.2 Å². The van der Waals surface area contributed by atoms with E-state index in [0.29, 0.717) is 5.25 Å². The molecular formula is C11H13BrN2S. The van der Waals surface area contributed by atoms with E-state index in [1.54, 1.807) is 11.8 Å². The molecule has 0 amide bonds. The lowest BCUT2D eigenvalue weighted by molar-refractivity contribution is 0.993. The average molecular weight is 285 g/mol. The molecule has 1 aliphatic heterocycles. The van der Waals surface area contributed by atoms with Gasteiger partial charge in [-0.15, -0.1) is 0 Å². The summed E-state index contributed by atoms with van der Waals surface area (Å²) in [5.74, 6) is 0. The van der Waals surface area contributed by atoms with Crippen LogP contribution in [0, 0.1) is 6.92 Å². The van der Waals surface area contributed by atoms with E-state index < -0.39 is 0 Å². The Labute approximate surface area is 103 Å². The number of alkyl halides is 1. The van der Waals surface area contributed by atoms with Gasteiger partial charge in [-0.3, -0.25) is 4.99 Å². The van der Waals surface area contributed by atoms with Gasteiger partial charge in [0, 0.05) is 16.3 Å². The summed E-state index contributed by atoms with van der Waals surface area (Å²) in [5, 5.41) is 5.95. The minimum Gasteiger partial charge on any atom is -0.335 e. The van der Waals surface area contributed by atoms with Gasteiger partial charge in [0.1, 0.15) is 0 Å². The van der Waals surface area contributed by atoms with Crippen LogP contribution in [0.5, 0.6) is 0 Å². The molecule has 2 nitrogen and oxygen atoms in total. The van der Waals surface area contributed by atoms with Crippen molar-refractivity contribution in [1.29, 1.82) is 0 Å². The molecule has 0 unspecified atom stereocenters. The van der Waals surface area contributed by atoms with E-state index in [0.717, 1.165) is 22.7 Å². The molecule has 1 atom stereocenters. The van der Waals surface area contributed by atoms with Crippen LogP contribution < -0.4 is 5.32 Å². The molecule has 0 radical (unpaired) electrons. The van der Waals surface area contributed by atoms with Crippen molar-refractivity contribution in [1.82, 2.24) is 0 Å². The summed E-state index contributed by atoms with van der Waals surface area (Å²) >= 11 is 5.28. The normalized spacial score (nSPS) is 20.1. The average Bonchev–Trinajstić information content (AvgIpc) is 2.65. The number of aryl methyl sites for hydroxylation is 1. The van der Waals surface area contributed by atoms with Crippen molar-refractivity contribution >= 4 is 38.5 Å². The van der Waals surface area contributed by atoms with E-state index in [1.165, 1.54) is 5.56 Å². The monoisotopic (exact) mass is 284 g/mol. The van der Waals surface area contributed by atoms with Gasteiger partial charge >= 0.3 is 0 Å². The third-order valence-electron chi connectivity index (χ3n) is 2.16. The Morgan fingerprint density at radius 1 is 1.60 bits per heavy atom. The summed E-state index contributed by atoms with van der Waals surface area (Å²) in [6.07, 6.45) is 0. The number of hydrogen-bond donors (Lipinski definition) is 1. The maximum atomic E-state index is 4.45. The Bertz CT molecular complexity index is 379. The van der Waals surface area contributed by atoms with Crippen molar-refractivity contribution in [3.8, 4) is 0 Å². The number of nitrogens with one attached hydrogen (secondary N) is 1. The van der Waals surface area contributed by atoms with E-state index in [4.69, 9.17) is 0 Å². The van der Waals surface area contributed by atoms with Crippen LogP contribution in [0.1, 0.15) is 5.56 Å². The Balaban J connectivity index is 1.98. The quantitative estimate of drug-likeness (QED) is 0.843. The molecule has 0 saturated carbocycles. The van der Waals surface area contributed by atoms with Gasteiger partial charge in [0.05, 0.1) is 6.54 Å². The Hall–Kier alpha value is -0.480. The molecule has 1 heterocycles. The summed E-state index contributed by atoms with van der Waals surface area (Å²) in [4.78, 5) is 4.45. The summed E-state index contributed by atoms with van der Waals surface area (Å²) < 4.78 is 0. The molecule has 2 rings (SSSR count). The van der Waals surface area contributed by atoms with E-state index in [1.807, 2.05) is 0 Å². The number of halogens is 1. The highest BCUT2D eigenvalue weighted by Crippen LogP contribution is 2.24. The summed E-state index contributed by atoms with van der Waals surface area (Å²) in [5.41, 5.74) is 2.39. The molecule has 1 aromatic carbocycles. The molecule has 0 spiro atoms. The van der Waals surface area contributed by atoms with Gasteiger partial charge < -0.3 is 5.32 Å². The van der Waals surface area contributed by atoms with Gasteiger partial charge in [-0.1, -0.05) is 39.8 Å². The maximum Gasteiger partial charge on any atom is 0.161 e. The zero-order chi connectivity index (χ0) is 10.7. The lowest BCUT2D eigenvalue weighted by Gasteiger charge is -2.07. The molecule has 15 heavy (non-hydrogen) atoms. The highest BCUT2D eigenvalue weighted by Gasteiger charge is 2.18. The van der Waals surface area contributed by atoms with Crippen molar-refractivity contribution in [2.75, 3.05) is 17.2 Å². The molecule has 80 valence electrons. The van der Waals surface area contributed by atoms with Gasteiger partial charge in [0.2, 0.25) is 0 Å². The van der Waals surface area contributed by atoms with Crippen LogP contribution in [-0.4, -0.2) is 22.3 Å². The van der Waals surface area contributed by atoms with Crippen LogP contribution in [0.25, 0.3) is 0 Å². The van der Waals surface area contributed by atoms with Crippen LogP contribution >= 0.6 is 27.7 Å². The second-order valence-corrected chi connectivity index (χ2v) is 5.47. The number of benzene rings is 1. The van der Waals surface area contributed by atoms with Crippen molar-refractivity contribution < 1.29 is 0 Å². The Morgan fingerprint density at radius 2 is 2.47 bits per heavy atom. The number of nitrogens with zero attached hydrogens (tertiary/aromatic N) is 1. The van der Waals surface area contributed by atoms with Crippen LogP contribution in [0.4, 0.5) is 5.69 Å². The van der Waals surface area contributed by atoms with E-state index in [2.05, 4.69) is 57.4 Å². The molecule has 0 bridgehead atoms. The SMILES string of the molecule is Cc1cccc(NC2=NC[C@@H](CBr)S2)c1. The summed E-state index contributed by atoms with van der Waals surface area (Å²) in [6, 6.07) is 8.35. The molecule has 0 aromatic heterocycles. The first kappa shape index (κ1) is 11.0. The third-order valence-corrected chi connectivity index (χ3v) is 4.47. The maximum absolute atomic E-state index is 4.45. The topological polar surface area (TPSA) is 24.4 Å². The predicted octanol–water partition coefficient (Wildman–Crippen LogP) is 3.27. The van der Waals surface area contributed by atoms with Crippen LogP contribution in [-0.2, 0) is 0 Å². The number of anilines is 1. The highest BCUT2D eigenvalue weighted by atomic mass is 79.9. The Morgan fingerprint density at radius 3 is 3.13 bits per heavy atom. The van der Waals surface area contributed by atoms with Gasteiger partial charge in [0.15, 0.2) is 5.17 Å². The number of hydrogen-bond acceptors (Lipinski definition) is 3. The molecule has 1 aliphatic rings. The lowest BCUT2D eigenvalue weighted by Crippen LogP contribution is -2.08. The molecule has 1 aromatic rings. The van der Waals surface area contributed by atoms with Crippen LogP contribution in [0.2, 0.25) is 0 Å². The van der Waals surface area contributed by atoms with Crippen LogP contribution in [0.3, 0.4) is 0 Å². The molecule has 4 heteroatoms. The van der Waals surface area contributed by atoms with Crippen LogP contribution in [0.15, 0.2) is 29.3 Å². The van der Waals surface area contributed by atoms with Gasteiger partial charge in [-0.25, -0.2) is 0 Å². The second kappa shape index (κ2) is 5.03. The number of amidine groups is 1. The summed E-state index contributed by atoms with van der Waals surface area (Å²) in [7, 11) is 0. The van der Waals surface area contributed by atoms with Crippen molar-refractivity contribution in [2.24, 2.45) is 4.99 Å². The fourth-order valence-electron chi connectivity index (χ4n) is 1.41. The molecular weight excluding hydrogens is 272 g/mol. The number of thioether (sulfide) groups is 1.